The van der Waals surface area contributed by atoms with Crippen LogP contribution in [0.2, 0.25) is 0 Å². The average molecular weight is 316 g/mol. The molecule has 0 bridgehead atoms. The molecule has 1 aromatic carbocycles. The summed E-state index contributed by atoms with van der Waals surface area (Å²) in [6, 6.07) is 7.25. The van der Waals surface area contributed by atoms with Gasteiger partial charge in [0, 0.05) is 31.8 Å². The van der Waals surface area contributed by atoms with Crippen molar-refractivity contribution in [2.24, 2.45) is 4.99 Å². The van der Waals surface area contributed by atoms with Crippen LogP contribution in [0.1, 0.15) is 31.2 Å². The number of benzene rings is 1. The summed E-state index contributed by atoms with van der Waals surface area (Å²) in [5.41, 5.74) is 1.28. The van der Waals surface area contributed by atoms with Crippen molar-refractivity contribution in [2.75, 3.05) is 13.6 Å². The molecule has 2 N–H and O–H groups in total. The van der Waals surface area contributed by atoms with Gasteiger partial charge in [-0.1, -0.05) is 24.3 Å². The fraction of sp³-hybridized carbons (Fsp3) is 0.471. The molecule has 0 saturated carbocycles. The predicted octanol–water partition coefficient (Wildman–Crippen LogP) is 2.80. The molecule has 0 unspecified atom stereocenters. The number of nitrogens with zero attached hydrogens (tertiary/aromatic N) is 2. The first-order valence-corrected chi connectivity index (χ1v) is 8.04. The van der Waals surface area contributed by atoms with Crippen LogP contribution in [0.3, 0.4) is 0 Å². The van der Waals surface area contributed by atoms with Gasteiger partial charge in [0.2, 0.25) is 0 Å². The highest BCUT2D eigenvalue weighted by Crippen LogP contribution is 2.13. The first-order chi connectivity index (χ1) is 11.2. The number of aryl methyl sites for hydroxylation is 1. The third kappa shape index (κ3) is 5.73. The van der Waals surface area contributed by atoms with E-state index in [1.807, 2.05) is 12.1 Å². The molecule has 2 rings (SSSR count). The highest BCUT2D eigenvalue weighted by Gasteiger charge is 2.11. The molecule has 0 saturated heterocycles. The molecule has 0 aliphatic heterocycles. The highest BCUT2D eigenvalue weighted by molar-refractivity contribution is 5.80. The number of guanidine groups is 1. The zero-order valence-electron chi connectivity index (χ0n) is 13.5. The van der Waals surface area contributed by atoms with Crippen molar-refractivity contribution >= 4 is 11.6 Å². The van der Waals surface area contributed by atoms with Gasteiger partial charge in [-0.05, 0) is 37.7 Å². The largest absolute Gasteiger partial charge is 0.356 e. The lowest BCUT2D eigenvalue weighted by atomic mass is 10.1. The first kappa shape index (κ1) is 17.0. The maximum atomic E-state index is 10.6. The van der Waals surface area contributed by atoms with Crippen molar-refractivity contribution in [3.05, 3.63) is 52.1 Å². The van der Waals surface area contributed by atoms with Crippen LogP contribution in [0.15, 0.2) is 41.4 Å². The molecule has 23 heavy (non-hydrogen) atoms. The summed E-state index contributed by atoms with van der Waals surface area (Å²) >= 11 is 0. The van der Waals surface area contributed by atoms with Gasteiger partial charge in [-0.2, -0.15) is 0 Å². The number of nitro benzene ring substituents is 1. The van der Waals surface area contributed by atoms with E-state index in [1.165, 1.54) is 0 Å². The van der Waals surface area contributed by atoms with E-state index in [2.05, 4.69) is 27.8 Å². The van der Waals surface area contributed by atoms with E-state index in [4.69, 9.17) is 0 Å². The summed E-state index contributed by atoms with van der Waals surface area (Å²) in [5, 5.41) is 17.3. The number of unbranched alkanes of at least 4 members (excludes halogenated alkanes) is 1. The van der Waals surface area contributed by atoms with Crippen LogP contribution in [0.4, 0.5) is 5.69 Å². The van der Waals surface area contributed by atoms with Crippen molar-refractivity contribution in [1.82, 2.24) is 10.6 Å². The van der Waals surface area contributed by atoms with Crippen LogP contribution in [-0.2, 0) is 6.42 Å². The molecular weight excluding hydrogens is 292 g/mol. The number of hydrogen-bond acceptors (Lipinski definition) is 3. The Hall–Kier alpha value is -2.37. The standard InChI is InChI=1S/C17H24N4O2/c1-18-17(20-15-7-2-3-8-15)19-13-5-4-6-14-9-11-16(12-10-14)21(22)23/h2-3,9-12,15H,4-8,13H2,1H3,(H2,18,19,20). The van der Waals surface area contributed by atoms with E-state index in [-0.39, 0.29) is 10.6 Å². The molecular formula is C17H24N4O2. The lowest BCUT2D eigenvalue weighted by Gasteiger charge is -2.16. The Morgan fingerprint density at radius 2 is 1.96 bits per heavy atom. The Labute approximate surface area is 136 Å². The quantitative estimate of drug-likeness (QED) is 0.202. The number of nitrogens with one attached hydrogen (secondary N) is 2. The van der Waals surface area contributed by atoms with Crippen LogP contribution < -0.4 is 10.6 Å². The zero-order chi connectivity index (χ0) is 16.5. The molecule has 0 heterocycles. The lowest BCUT2D eigenvalue weighted by molar-refractivity contribution is -0.384. The maximum Gasteiger partial charge on any atom is 0.269 e. The van der Waals surface area contributed by atoms with Gasteiger partial charge in [0.1, 0.15) is 0 Å². The summed E-state index contributed by atoms with van der Waals surface area (Å²) in [6.07, 6.45) is 9.48. The maximum absolute atomic E-state index is 10.6. The molecule has 0 amide bonds. The molecule has 124 valence electrons. The topological polar surface area (TPSA) is 79.6 Å². The fourth-order valence-electron chi connectivity index (χ4n) is 2.57. The SMILES string of the molecule is CN=C(NCCCCc1ccc([N+](=O)[O-])cc1)NC1CC=CC1. The summed E-state index contributed by atoms with van der Waals surface area (Å²) in [4.78, 5) is 14.5. The van der Waals surface area contributed by atoms with Crippen molar-refractivity contribution in [1.29, 1.82) is 0 Å². The molecule has 0 fully saturated rings. The monoisotopic (exact) mass is 316 g/mol. The Bertz CT molecular complexity index is 558. The van der Waals surface area contributed by atoms with Gasteiger partial charge < -0.3 is 10.6 Å². The highest BCUT2D eigenvalue weighted by atomic mass is 16.6. The summed E-state index contributed by atoms with van der Waals surface area (Å²) in [5.74, 6) is 0.856. The van der Waals surface area contributed by atoms with Crippen molar-refractivity contribution in [3.8, 4) is 0 Å². The van der Waals surface area contributed by atoms with E-state index in [1.54, 1.807) is 19.2 Å². The summed E-state index contributed by atoms with van der Waals surface area (Å²) in [6.45, 7) is 0.868. The fourth-order valence-corrected chi connectivity index (χ4v) is 2.57. The van der Waals surface area contributed by atoms with Gasteiger partial charge in [0.05, 0.1) is 4.92 Å². The minimum absolute atomic E-state index is 0.145. The Morgan fingerprint density at radius 3 is 2.57 bits per heavy atom. The molecule has 6 nitrogen and oxygen atoms in total. The Kier molecular flexibility index (Phi) is 6.59. The third-order valence-electron chi connectivity index (χ3n) is 3.90. The molecule has 1 aliphatic rings. The van der Waals surface area contributed by atoms with E-state index in [0.29, 0.717) is 6.04 Å². The Balaban J connectivity index is 1.61. The van der Waals surface area contributed by atoms with Gasteiger partial charge >= 0.3 is 0 Å². The molecule has 0 aromatic heterocycles. The van der Waals surface area contributed by atoms with Crippen molar-refractivity contribution < 1.29 is 4.92 Å². The van der Waals surface area contributed by atoms with Crippen molar-refractivity contribution in [3.63, 3.8) is 0 Å². The van der Waals surface area contributed by atoms with E-state index < -0.39 is 0 Å². The number of rotatable bonds is 7. The van der Waals surface area contributed by atoms with Crippen molar-refractivity contribution in [2.45, 2.75) is 38.1 Å². The average Bonchev–Trinajstić information content (AvgIpc) is 3.07. The molecule has 6 heteroatoms. The van der Waals surface area contributed by atoms with Crippen LogP contribution >= 0.6 is 0 Å². The Morgan fingerprint density at radius 1 is 1.26 bits per heavy atom. The van der Waals surface area contributed by atoms with Gasteiger partial charge in [-0.25, -0.2) is 0 Å². The van der Waals surface area contributed by atoms with E-state index >= 15 is 0 Å². The first-order valence-electron chi connectivity index (χ1n) is 8.04. The number of nitro groups is 1. The molecule has 0 atom stereocenters. The van der Waals surface area contributed by atoms with E-state index in [9.17, 15) is 10.1 Å². The van der Waals surface area contributed by atoms with E-state index in [0.717, 1.165) is 50.2 Å². The van der Waals surface area contributed by atoms with Crippen LogP contribution in [0.25, 0.3) is 0 Å². The van der Waals surface area contributed by atoms with Crippen LogP contribution in [0, 0.1) is 10.1 Å². The summed E-state index contributed by atoms with van der Waals surface area (Å²) < 4.78 is 0. The number of aliphatic imine (C=N–C) groups is 1. The number of non-ortho nitro benzene ring substituents is 1. The van der Waals surface area contributed by atoms with Gasteiger partial charge in [-0.15, -0.1) is 0 Å². The van der Waals surface area contributed by atoms with Crippen LogP contribution in [-0.4, -0.2) is 30.5 Å². The normalized spacial score (nSPS) is 14.9. The van der Waals surface area contributed by atoms with Gasteiger partial charge in [0.15, 0.2) is 5.96 Å². The minimum Gasteiger partial charge on any atom is -0.356 e. The molecule has 0 radical (unpaired) electrons. The molecule has 0 spiro atoms. The van der Waals surface area contributed by atoms with Gasteiger partial charge in [0.25, 0.3) is 5.69 Å². The second-order valence-electron chi connectivity index (χ2n) is 5.66. The van der Waals surface area contributed by atoms with Crippen LogP contribution in [0.5, 0.6) is 0 Å². The zero-order valence-corrected chi connectivity index (χ0v) is 13.5. The molecule has 1 aliphatic carbocycles. The third-order valence-corrected chi connectivity index (χ3v) is 3.90. The van der Waals surface area contributed by atoms with Gasteiger partial charge in [-0.3, -0.25) is 15.1 Å². The smallest absolute Gasteiger partial charge is 0.269 e. The number of hydrogen-bond donors (Lipinski definition) is 2. The summed E-state index contributed by atoms with van der Waals surface area (Å²) in [7, 11) is 1.79. The molecule has 1 aromatic rings. The second-order valence-corrected chi connectivity index (χ2v) is 5.66. The lowest BCUT2D eigenvalue weighted by Crippen LogP contribution is -2.42. The predicted molar refractivity (Wildman–Crippen MR) is 92.7 cm³/mol. The minimum atomic E-state index is -0.369. The second kappa shape index (κ2) is 8.92.